The molecule has 1 aliphatic heterocycles. The fourth-order valence-corrected chi connectivity index (χ4v) is 2.65. The van der Waals surface area contributed by atoms with Gasteiger partial charge in [-0.1, -0.05) is 38.0 Å². The molecule has 106 valence electrons. The molecule has 0 bridgehead atoms. The van der Waals surface area contributed by atoms with Gasteiger partial charge in [-0.25, -0.2) is 0 Å². The number of carbonyl (C=O) groups excluding carboxylic acids is 1. The Kier molecular flexibility index (Phi) is 7.09. The first kappa shape index (κ1) is 17.0. The van der Waals surface area contributed by atoms with Crippen LogP contribution in [0.5, 0.6) is 0 Å². The SMILES string of the molecule is C=CC(=C\C(=C)I)/C1=C/C(=C)SCC(=O)N(C)CC=C1. The maximum atomic E-state index is 11.8. The largest absolute Gasteiger partial charge is 0.341 e. The Morgan fingerprint density at radius 2 is 2.25 bits per heavy atom. The first-order valence-electron chi connectivity index (χ1n) is 6.07. The van der Waals surface area contributed by atoms with Gasteiger partial charge in [0.2, 0.25) is 5.91 Å². The molecule has 0 saturated carbocycles. The number of hydrogen-bond donors (Lipinski definition) is 0. The Hall–Kier alpha value is -1.01. The second-order valence-corrected chi connectivity index (χ2v) is 6.77. The maximum absolute atomic E-state index is 11.8. The molecule has 0 aromatic carbocycles. The fraction of sp³-hybridized carbons (Fsp3) is 0.188. The van der Waals surface area contributed by atoms with E-state index in [4.69, 9.17) is 0 Å². The van der Waals surface area contributed by atoms with Crippen molar-refractivity contribution in [1.82, 2.24) is 4.90 Å². The first-order valence-corrected chi connectivity index (χ1v) is 8.13. The Bertz CT molecular complexity index is 529. The Labute approximate surface area is 138 Å². The highest BCUT2D eigenvalue weighted by Crippen LogP contribution is 2.24. The van der Waals surface area contributed by atoms with Crippen LogP contribution in [0.3, 0.4) is 0 Å². The van der Waals surface area contributed by atoms with E-state index < -0.39 is 0 Å². The number of hydrogen-bond acceptors (Lipinski definition) is 2. The number of thioether (sulfide) groups is 1. The number of halogens is 1. The summed E-state index contributed by atoms with van der Waals surface area (Å²) in [7, 11) is 1.80. The number of amides is 1. The number of carbonyl (C=O) groups is 1. The van der Waals surface area contributed by atoms with Crippen LogP contribution in [-0.2, 0) is 4.79 Å². The molecular formula is C16H18INOS. The van der Waals surface area contributed by atoms with Crippen molar-refractivity contribution in [1.29, 1.82) is 0 Å². The van der Waals surface area contributed by atoms with Crippen molar-refractivity contribution in [3.63, 3.8) is 0 Å². The predicted octanol–water partition coefficient (Wildman–Crippen LogP) is 4.25. The monoisotopic (exact) mass is 399 g/mol. The van der Waals surface area contributed by atoms with Crippen LogP contribution in [0.1, 0.15) is 0 Å². The highest BCUT2D eigenvalue weighted by atomic mass is 127. The van der Waals surface area contributed by atoms with Gasteiger partial charge in [-0.2, -0.15) is 0 Å². The topological polar surface area (TPSA) is 20.3 Å². The van der Waals surface area contributed by atoms with Gasteiger partial charge in [-0.15, -0.1) is 11.8 Å². The summed E-state index contributed by atoms with van der Waals surface area (Å²) in [6, 6.07) is 0. The van der Waals surface area contributed by atoms with E-state index in [1.165, 1.54) is 11.8 Å². The number of allylic oxidation sites excluding steroid dienone is 7. The zero-order valence-electron chi connectivity index (χ0n) is 11.6. The lowest BCUT2D eigenvalue weighted by Crippen LogP contribution is -2.28. The first-order chi connectivity index (χ1) is 9.43. The van der Waals surface area contributed by atoms with E-state index in [-0.39, 0.29) is 5.91 Å². The van der Waals surface area contributed by atoms with Gasteiger partial charge in [0.15, 0.2) is 0 Å². The van der Waals surface area contributed by atoms with E-state index in [0.29, 0.717) is 12.3 Å². The van der Waals surface area contributed by atoms with Gasteiger partial charge in [0.1, 0.15) is 0 Å². The molecule has 0 N–H and O–H groups in total. The van der Waals surface area contributed by atoms with Crippen molar-refractivity contribution < 1.29 is 4.79 Å². The van der Waals surface area contributed by atoms with Crippen molar-refractivity contribution in [3.8, 4) is 0 Å². The minimum absolute atomic E-state index is 0.109. The van der Waals surface area contributed by atoms with Gasteiger partial charge < -0.3 is 4.90 Å². The van der Waals surface area contributed by atoms with Crippen molar-refractivity contribution in [2.75, 3.05) is 19.3 Å². The van der Waals surface area contributed by atoms with Gasteiger partial charge in [0.05, 0.1) is 5.75 Å². The second-order valence-electron chi connectivity index (χ2n) is 4.28. The molecule has 0 aliphatic carbocycles. The molecule has 2 nitrogen and oxygen atoms in total. The number of nitrogens with zero attached hydrogens (tertiary/aromatic N) is 1. The fourth-order valence-electron chi connectivity index (χ4n) is 1.58. The summed E-state index contributed by atoms with van der Waals surface area (Å²) >= 11 is 3.62. The van der Waals surface area contributed by atoms with Crippen LogP contribution < -0.4 is 0 Å². The summed E-state index contributed by atoms with van der Waals surface area (Å²) in [4.78, 5) is 14.3. The molecule has 1 amide bonds. The third-order valence-corrected chi connectivity index (χ3v) is 3.86. The van der Waals surface area contributed by atoms with Crippen molar-refractivity contribution in [2.45, 2.75) is 0 Å². The van der Waals surface area contributed by atoms with Crippen molar-refractivity contribution in [2.24, 2.45) is 0 Å². The quantitative estimate of drug-likeness (QED) is 0.523. The second kappa shape index (κ2) is 8.32. The van der Waals surface area contributed by atoms with Crippen LogP contribution in [0, 0.1) is 0 Å². The predicted molar refractivity (Wildman–Crippen MR) is 97.9 cm³/mol. The van der Waals surface area contributed by atoms with Crippen LogP contribution >= 0.6 is 34.4 Å². The molecule has 0 spiro atoms. The van der Waals surface area contributed by atoms with Crippen LogP contribution in [0.25, 0.3) is 0 Å². The molecule has 0 aromatic rings. The Balaban J connectivity index is 3.12. The highest BCUT2D eigenvalue weighted by molar-refractivity contribution is 14.1. The van der Waals surface area contributed by atoms with Crippen molar-refractivity contribution in [3.05, 3.63) is 69.7 Å². The van der Waals surface area contributed by atoms with Crippen LogP contribution in [0.4, 0.5) is 0 Å². The minimum atomic E-state index is 0.109. The smallest absolute Gasteiger partial charge is 0.232 e. The lowest BCUT2D eigenvalue weighted by Gasteiger charge is -2.16. The minimum Gasteiger partial charge on any atom is -0.341 e. The Morgan fingerprint density at radius 3 is 2.85 bits per heavy atom. The molecule has 0 saturated heterocycles. The maximum Gasteiger partial charge on any atom is 0.232 e. The molecule has 4 heteroatoms. The van der Waals surface area contributed by atoms with Gasteiger partial charge in [0.25, 0.3) is 0 Å². The summed E-state index contributed by atoms with van der Waals surface area (Å²) in [6.07, 6.45) is 9.72. The molecule has 0 atom stereocenters. The molecule has 1 aliphatic rings. The molecule has 1 heterocycles. The summed E-state index contributed by atoms with van der Waals surface area (Å²) in [5, 5.41) is 0. The van der Waals surface area contributed by atoms with Gasteiger partial charge in [0, 0.05) is 22.1 Å². The van der Waals surface area contributed by atoms with E-state index >= 15 is 0 Å². The lowest BCUT2D eigenvalue weighted by molar-refractivity contribution is -0.126. The third kappa shape index (κ3) is 5.54. The van der Waals surface area contributed by atoms with E-state index in [0.717, 1.165) is 19.6 Å². The molecule has 0 aromatic heterocycles. The van der Waals surface area contributed by atoms with E-state index in [1.807, 2.05) is 24.3 Å². The van der Waals surface area contributed by atoms with E-state index in [2.05, 4.69) is 42.3 Å². The molecule has 0 fully saturated rings. The third-order valence-electron chi connectivity index (χ3n) is 2.67. The van der Waals surface area contributed by atoms with Crippen LogP contribution in [-0.4, -0.2) is 30.2 Å². The summed E-state index contributed by atoms with van der Waals surface area (Å²) in [6.45, 7) is 12.3. The van der Waals surface area contributed by atoms with Gasteiger partial charge in [-0.3, -0.25) is 4.79 Å². The summed E-state index contributed by atoms with van der Waals surface area (Å²) in [5.74, 6) is 0.525. The Morgan fingerprint density at radius 1 is 1.55 bits per heavy atom. The molecule has 1 rings (SSSR count). The average molecular weight is 399 g/mol. The highest BCUT2D eigenvalue weighted by Gasteiger charge is 2.10. The van der Waals surface area contributed by atoms with Crippen LogP contribution in [0.15, 0.2) is 69.7 Å². The lowest BCUT2D eigenvalue weighted by atomic mass is 10.0. The average Bonchev–Trinajstić information content (AvgIpc) is 2.40. The van der Waals surface area contributed by atoms with Gasteiger partial charge >= 0.3 is 0 Å². The zero-order valence-corrected chi connectivity index (χ0v) is 14.5. The van der Waals surface area contributed by atoms with Crippen LogP contribution in [0.2, 0.25) is 0 Å². The van der Waals surface area contributed by atoms with E-state index in [1.54, 1.807) is 18.0 Å². The van der Waals surface area contributed by atoms with Gasteiger partial charge in [-0.05, 0) is 45.9 Å². The standard InChI is InChI=1S/C16H18INOS/c1-5-14(9-12(2)17)15-7-6-8-18(4)16(19)11-20-13(3)10-15/h5-7,9-10H,1-3,8,11H2,4H3/b7-6?,14-9+,15-10+. The number of rotatable bonds is 3. The number of likely N-dealkylation sites (N-methyl/N-ethyl adjacent to an activating group) is 1. The molecular weight excluding hydrogens is 381 g/mol. The molecule has 20 heavy (non-hydrogen) atoms. The van der Waals surface area contributed by atoms with Crippen molar-refractivity contribution >= 4 is 40.3 Å². The summed E-state index contributed by atoms with van der Waals surface area (Å²) < 4.78 is 0.939. The normalized spacial score (nSPS) is 20.4. The summed E-state index contributed by atoms with van der Waals surface area (Å²) in [5.41, 5.74) is 2.02. The van der Waals surface area contributed by atoms with E-state index in [9.17, 15) is 4.79 Å². The molecule has 0 unspecified atom stereocenters. The molecule has 0 radical (unpaired) electrons. The zero-order chi connectivity index (χ0) is 15.1.